The van der Waals surface area contributed by atoms with E-state index < -0.39 is 0 Å². The van der Waals surface area contributed by atoms with Gasteiger partial charge in [-0.2, -0.15) is 0 Å². The van der Waals surface area contributed by atoms with Crippen LogP contribution >= 0.6 is 0 Å². The summed E-state index contributed by atoms with van der Waals surface area (Å²) in [5.74, 6) is 0.794. The van der Waals surface area contributed by atoms with Crippen LogP contribution in [0.2, 0.25) is 0 Å². The molecule has 0 aliphatic carbocycles. The number of piperazine rings is 1. The van der Waals surface area contributed by atoms with E-state index in [1.54, 1.807) is 31.3 Å². The Hall–Kier alpha value is -3.12. The van der Waals surface area contributed by atoms with Crippen molar-refractivity contribution >= 4 is 17.9 Å². The summed E-state index contributed by atoms with van der Waals surface area (Å²) in [6.45, 7) is 6.67. The number of carbonyl (C=O) groups excluding carboxylic acids is 2. The van der Waals surface area contributed by atoms with Gasteiger partial charge >= 0.3 is 0 Å². The average molecular weight is 408 g/mol. The normalized spacial score (nSPS) is 14.7. The molecule has 0 saturated carbocycles. The number of rotatable bonds is 7. The SMILES string of the molecule is CCOc1ccc(CN2CCN(C(=O)C=Cc3ccc(C(=O)NC)cc3)CC2)cc1. The molecule has 2 aromatic carbocycles. The summed E-state index contributed by atoms with van der Waals surface area (Å²) < 4.78 is 5.49. The number of carbonyl (C=O) groups is 2. The molecule has 0 spiro atoms. The van der Waals surface area contributed by atoms with Gasteiger partial charge in [0.2, 0.25) is 5.91 Å². The van der Waals surface area contributed by atoms with Gasteiger partial charge in [-0.05, 0) is 48.4 Å². The predicted octanol–water partition coefficient (Wildman–Crippen LogP) is 2.80. The highest BCUT2D eigenvalue weighted by atomic mass is 16.5. The number of nitrogens with one attached hydrogen (secondary N) is 1. The zero-order valence-corrected chi connectivity index (χ0v) is 17.6. The molecule has 2 aromatic rings. The average Bonchev–Trinajstić information content (AvgIpc) is 2.79. The molecule has 0 unspecified atom stereocenters. The third-order valence-corrected chi connectivity index (χ3v) is 5.14. The van der Waals surface area contributed by atoms with E-state index in [1.807, 2.05) is 36.1 Å². The summed E-state index contributed by atoms with van der Waals surface area (Å²) in [5, 5.41) is 2.59. The number of nitrogens with zero attached hydrogens (tertiary/aromatic N) is 2. The van der Waals surface area contributed by atoms with Crippen LogP contribution in [0.5, 0.6) is 5.75 Å². The van der Waals surface area contributed by atoms with Crippen LogP contribution in [0.25, 0.3) is 6.08 Å². The third-order valence-electron chi connectivity index (χ3n) is 5.14. The molecule has 6 heteroatoms. The molecular weight excluding hydrogens is 378 g/mol. The van der Waals surface area contributed by atoms with Gasteiger partial charge in [0.1, 0.15) is 5.75 Å². The molecule has 30 heavy (non-hydrogen) atoms. The number of ether oxygens (including phenoxy) is 1. The van der Waals surface area contributed by atoms with Crippen molar-refractivity contribution < 1.29 is 14.3 Å². The van der Waals surface area contributed by atoms with Crippen LogP contribution in [0.15, 0.2) is 54.6 Å². The lowest BCUT2D eigenvalue weighted by Crippen LogP contribution is -2.47. The van der Waals surface area contributed by atoms with Crippen LogP contribution in [-0.2, 0) is 11.3 Å². The molecule has 0 atom stereocenters. The summed E-state index contributed by atoms with van der Waals surface area (Å²) in [6, 6.07) is 15.4. The van der Waals surface area contributed by atoms with Crippen LogP contribution in [0, 0.1) is 0 Å². The molecule has 1 fully saturated rings. The Bertz CT molecular complexity index is 868. The Kier molecular flexibility index (Phi) is 7.63. The summed E-state index contributed by atoms with van der Waals surface area (Å²) in [4.78, 5) is 28.3. The van der Waals surface area contributed by atoms with Gasteiger partial charge in [0.25, 0.3) is 5.91 Å². The van der Waals surface area contributed by atoms with Crippen molar-refractivity contribution in [3.8, 4) is 5.75 Å². The Morgan fingerprint density at radius 2 is 1.67 bits per heavy atom. The van der Waals surface area contributed by atoms with E-state index in [9.17, 15) is 9.59 Å². The van der Waals surface area contributed by atoms with Crippen molar-refractivity contribution in [2.24, 2.45) is 0 Å². The van der Waals surface area contributed by atoms with Gasteiger partial charge in [0.15, 0.2) is 0 Å². The van der Waals surface area contributed by atoms with Gasteiger partial charge in [-0.3, -0.25) is 14.5 Å². The van der Waals surface area contributed by atoms with Gasteiger partial charge in [0.05, 0.1) is 6.61 Å². The first-order chi connectivity index (χ1) is 14.6. The summed E-state index contributed by atoms with van der Waals surface area (Å²) in [6.07, 6.45) is 3.40. The van der Waals surface area contributed by atoms with E-state index in [0.717, 1.165) is 44.0 Å². The fourth-order valence-corrected chi connectivity index (χ4v) is 3.41. The molecule has 3 rings (SSSR count). The molecule has 6 nitrogen and oxygen atoms in total. The largest absolute Gasteiger partial charge is 0.494 e. The standard InChI is InChI=1S/C24H29N3O3/c1-3-30-22-11-6-20(7-12-22)18-26-14-16-27(17-15-26)23(28)13-8-19-4-9-21(10-5-19)24(29)25-2/h4-13H,3,14-18H2,1-2H3,(H,25,29). The van der Waals surface area contributed by atoms with Crippen molar-refractivity contribution in [2.45, 2.75) is 13.5 Å². The van der Waals surface area contributed by atoms with Gasteiger partial charge < -0.3 is 15.0 Å². The summed E-state index contributed by atoms with van der Waals surface area (Å²) in [5.41, 5.74) is 2.74. The van der Waals surface area contributed by atoms with E-state index in [2.05, 4.69) is 22.3 Å². The van der Waals surface area contributed by atoms with Gasteiger partial charge in [-0.1, -0.05) is 24.3 Å². The maximum Gasteiger partial charge on any atom is 0.251 e. The first-order valence-corrected chi connectivity index (χ1v) is 10.3. The Labute approximate surface area is 178 Å². The van der Waals surface area contributed by atoms with E-state index in [-0.39, 0.29) is 11.8 Å². The van der Waals surface area contributed by atoms with Crippen LogP contribution in [-0.4, -0.2) is 61.4 Å². The molecular formula is C24H29N3O3. The molecule has 1 aliphatic rings. The predicted molar refractivity (Wildman–Crippen MR) is 118 cm³/mol. The lowest BCUT2D eigenvalue weighted by atomic mass is 10.1. The van der Waals surface area contributed by atoms with Crippen molar-refractivity contribution in [1.82, 2.24) is 15.1 Å². The Morgan fingerprint density at radius 3 is 2.27 bits per heavy atom. The third kappa shape index (κ3) is 5.94. The summed E-state index contributed by atoms with van der Waals surface area (Å²) >= 11 is 0. The van der Waals surface area contributed by atoms with Gasteiger partial charge in [-0.15, -0.1) is 0 Å². The molecule has 1 saturated heterocycles. The molecule has 0 bridgehead atoms. The lowest BCUT2D eigenvalue weighted by Gasteiger charge is -2.34. The van der Waals surface area contributed by atoms with Crippen LogP contribution in [0.1, 0.15) is 28.4 Å². The fraction of sp³-hybridized carbons (Fsp3) is 0.333. The topological polar surface area (TPSA) is 61.9 Å². The van der Waals surface area contributed by atoms with Crippen molar-refractivity contribution in [2.75, 3.05) is 39.8 Å². The second kappa shape index (κ2) is 10.6. The molecule has 0 radical (unpaired) electrons. The van der Waals surface area contributed by atoms with Crippen LogP contribution in [0.4, 0.5) is 0 Å². The second-order valence-corrected chi connectivity index (χ2v) is 7.21. The minimum absolute atomic E-state index is 0.0195. The lowest BCUT2D eigenvalue weighted by molar-refractivity contribution is -0.127. The highest BCUT2D eigenvalue weighted by Gasteiger charge is 2.19. The molecule has 158 valence electrons. The van der Waals surface area contributed by atoms with E-state index in [0.29, 0.717) is 12.2 Å². The van der Waals surface area contributed by atoms with Gasteiger partial charge in [-0.25, -0.2) is 0 Å². The van der Waals surface area contributed by atoms with Crippen LogP contribution in [0.3, 0.4) is 0 Å². The van der Waals surface area contributed by atoms with Gasteiger partial charge in [0, 0.05) is 51.4 Å². The smallest absolute Gasteiger partial charge is 0.251 e. The number of benzene rings is 2. The highest BCUT2D eigenvalue weighted by Crippen LogP contribution is 2.15. The monoisotopic (exact) mass is 407 g/mol. The molecule has 1 heterocycles. The van der Waals surface area contributed by atoms with E-state index in [4.69, 9.17) is 4.74 Å². The second-order valence-electron chi connectivity index (χ2n) is 7.21. The minimum atomic E-state index is -0.121. The van der Waals surface area contributed by atoms with Crippen molar-refractivity contribution in [3.63, 3.8) is 0 Å². The molecule has 2 amide bonds. The molecule has 0 aromatic heterocycles. The fourth-order valence-electron chi connectivity index (χ4n) is 3.41. The minimum Gasteiger partial charge on any atom is -0.494 e. The summed E-state index contributed by atoms with van der Waals surface area (Å²) in [7, 11) is 1.60. The maximum absolute atomic E-state index is 12.5. The van der Waals surface area contributed by atoms with E-state index >= 15 is 0 Å². The van der Waals surface area contributed by atoms with Crippen molar-refractivity contribution in [1.29, 1.82) is 0 Å². The van der Waals surface area contributed by atoms with Crippen molar-refractivity contribution in [3.05, 3.63) is 71.3 Å². The highest BCUT2D eigenvalue weighted by molar-refractivity contribution is 5.94. The first kappa shape index (κ1) is 21.6. The number of hydrogen-bond acceptors (Lipinski definition) is 4. The Morgan fingerprint density at radius 1 is 1.00 bits per heavy atom. The Balaban J connectivity index is 1.46. The molecule has 1 aliphatic heterocycles. The quantitative estimate of drug-likeness (QED) is 0.717. The van der Waals surface area contributed by atoms with Crippen LogP contribution < -0.4 is 10.1 Å². The zero-order chi connectivity index (χ0) is 21.3. The maximum atomic E-state index is 12.5. The first-order valence-electron chi connectivity index (χ1n) is 10.3. The number of amides is 2. The van der Waals surface area contributed by atoms with E-state index in [1.165, 1.54) is 5.56 Å². The zero-order valence-electron chi connectivity index (χ0n) is 17.6. The number of hydrogen-bond donors (Lipinski definition) is 1. The molecule has 1 N–H and O–H groups in total.